The Hall–Kier alpha value is -6.96. The maximum Gasteiger partial charge on any atom is 0.404 e. The first-order valence-electron chi connectivity index (χ1n) is 26.0. The molecule has 80 heavy (non-hydrogen) atoms. The van der Waals surface area contributed by atoms with Crippen LogP contribution in [-0.2, 0) is 54.8 Å². The summed E-state index contributed by atoms with van der Waals surface area (Å²) in [5.74, 6) is 2.44. The normalized spacial score (nSPS) is 17.8. The number of rotatable bonds is 17. The van der Waals surface area contributed by atoms with Crippen molar-refractivity contribution >= 4 is 104 Å². The molecule has 0 bridgehead atoms. The number of hydrogen-bond acceptors (Lipinski definition) is 14. The highest BCUT2D eigenvalue weighted by atomic mass is 32.1. The molecule has 3 aliphatic rings. The monoisotopic (exact) mass is 1160 g/mol. The molecule has 0 aliphatic carbocycles. The van der Waals surface area contributed by atoms with E-state index in [2.05, 4.69) is 32.0 Å². The van der Waals surface area contributed by atoms with Crippen molar-refractivity contribution in [1.29, 1.82) is 0 Å². The smallest absolute Gasteiger partial charge is 0.404 e. The lowest BCUT2D eigenvalue weighted by molar-refractivity contribution is -0.160. The molecule has 424 valence electrons. The molecule has 7 amide bonds. The van der Waals surface area contributed by atoms with Gasteiger partial charge in [0.05, 0.1) is 26.0 Å². The number of aromatic nitrogens is 1. The number of halogens is 2. The molecule has 19 nitrogen and oxygen atoms in total. The topological polar surface area (TPSA) is 242 Å². The van der Waals surface area contributed by atoms with Gasteiger partial charge >= 0.3 is 19.2 Å². The summed E-state index contributed by atoms with van der Waals surface area (Å²) in [4.78, 5) is 128. The number of piperidine rings is 1. The Kier molecular flexibility index (Phi) is 17.5. The van der Waals surface area contributed by atoms with Crippen molar-refractivity contribution < 1.29 is 65.9 Å². The highest BCUT2D eigenvalue weighted by Crippen LogP contribution is 2.63. The second-order valence-electron chi connectivity index (χ2n) is 22.0. The zero-order valence-corrected chi connectivity index (χ0v) is 47.8. The summed E-state index contributed by atoms with van der Waals surface area (Å²) < 4.78 is 54.4. The first kappa shape index (κ1) is 59.2. The Morgan fingerprint density at radius 3 is 2.46 bits per heavy atom. The number of anilines is 1. The van der Waals surface area contributed by atoms with Gasteiger partial charge in [-0.1, -0.05) is 44.7 Å². The Bertz CT molecular complexity index is 3410. The van der Waals surface area contributed by atoms with Gasteiger partial charge in [-0.25, -0.2) is 4.98 Å². The summed E-state index contributed by atoms with van der Waals surface area (Å²) >= 11 is 2.38. The molecule has 0 radical (unpaired) electrons. The number of carbonyl (C=O) groups is 8. The van der Waals surface area contributed by atoms with Crippen LogP contribution < -0.4 is 15.5 Å². The molecule has 2 fully saturated rings. The van der Waals surface area contributed by atoms with Gasteiger partial charge < -0.3 is 34.5 Å². The van der Waals surface area contributed by atoms with E-state index in [4.69, 9.17) is 4.74 Å². The van der Waals surface area contributed by atoms with Crippen molar-refractivity contribution in [1.82, 2.24) is 30.3 Å². The van der Waals surface area contributed by atoms with Gasteiger partial charge in [-0.2, -0.15) is 8.78 Å². The fourth-order valence-corrected chi connectivity index (χ4v) is 12.0. The zero-order chi connectivity index (χ0) is 58.1. The number of imide groups is 1. The molecule has 2 saturated heterocycles. The summed E-state index contributed by atoms with van der Waals surface area (Å²) in [5.41, 5.74) is -2.60. The summed E-state index contributed by atoms with van der Waals surface area (Å²) in [6.07, 6.45) is 2.05. The van der Waals surface area contributed by atoms with Crippen LogP contribution >= 0.6 is 30.3 Å². The maximum absolute atomic E-state index is 15.5. The lowest BCUT2D eigenvalue weighted by Gasteiger charge is -2.36. The number of fused-ring (bicyclic) bond motifs is 3. The molecule has 2 aromatic heterocycles. The Balaban J connectivity index is 0.910. The summed E-state index contributed by atoms with van der Waals surface area (Å²) in [6, 6.07) is 12.2. The van der Waals surface area contributed by atoms with Crippen molar-refractivity contribution in [3.8, 4) is 11.8 Å². The second kappa shape index (κ2) is 23.6. The molecule has 3 unspecified atom stereocenters. The third kappa shape index (κ3) is 12.8. The largest absolute Gasteiger partial charge is 0.438 e. The Morgan fingerprint density at radius 1 is 0.988 bits per heavy atom. The minimum absolute atomic E-state index is 0.0293. The molecule has 3 aliphatic heterocycles. The average molecular weight is 1160 g/mol. The molecule has 3 N–H and O–H groups in total. The van der Waals surface area contributed by atoms with E-state index in [9.17, 15) is 47.8 Å². The minimum Gasteiger partial charge on any atom is -0.438 e. The van der Waals surface area contributed by atoms with Crippen LogP contribution in [0.4, 0.5) is 14.5 Å². The van der Waals surface area contributed by atoms with E-state index in [0.29, 0.717) is 64.8 Å². The van der Waals surface area contributed by atoms with Crippen molar-refractivity contribution in [3.05, 3.63) is 93.3 Å². The Labute approximate surface area is 468 Å². The molecule has 5 aromatic rings. The van der Waals surface area contributed by atoms with E-state index >= 15 is 8.78 Å². The minimum atomic E-state index is -5.75. The van der Waals surface area contributed by atoms with Crippen molar-refractivity contribution in [2.75, 3.05) is 38.4 Å². The molecule has 24 heteroatoms. The number of unbranched alkanes of at least 4 members (excludes halogenated alkanes) is 1. The Morgan fingerprint density at radius 2 is 1.74 bits per heavy atom. The number of carbonyl (C=O) groups excluding carboxylic acids is 8. The molecule has 0 saturated carbocycles. The van der Waals surface area contributed by atoms with Gasteiger partial charge in [-0.15, -0.1) is 22.7 Å². The number of hydrogen-bond donors (Lipinski definition) is 3. The van der Waals surface area contributed by atoms with Gasteiger partial charge in [0.15, 0.2) is 0 Å². The lowest BCUT2D eigenvalue weighted by Crippen LogP contribution is -2.58. The van der Waals surface area contributed by atoms with Crippen molar-refractivity contribution in [2.24, 2.45) is 10.8 Å². The van der Waals surface area contributed by atoms with Gasteiger partial charge in [0.1, 0.15) is 18.1 Å². The molecule has 5 heterocycles. The second-order valence-corrected chi connectivity index (χ2v) is 25.8. The van der Waals surface area contributed by atoms with E-state index in [-0.39, 0.29) is 66.9 Å². The van der Waals surface area contributed by atoms with Gasteiger partial charge in [-0.3, -0.25) is 52.8 Å². The number of nitrogens with zero attached hydrogens (tertiary/aromatic N) is 5. The summed E-state index contributed by atoms with van der Waals surface area (Å²) in [7, 11) is -4.09. The van der Waals surface area contributed by atoms with E-state index < -0.39 is 84.2 Å². The third-order valence-corrected chi connectivity index (χ3v) is 17.5. The van der Waals surface area contributed by atoms with Crippen molar-refractivity contribution in [2.45, 2.75) is 117 Å². The molecular formula is C56H62F2N7O12PS2. The predicted molar refractivity (Wildman–Crippen MR) is 295 cm³/mol. The van der Waals surface area contributed by atoms with Gasteiger partial charge in [-0.05, 0) is 111 Å². The van der Waals surface area contributed by atoms with Crippen LogP contribution in [-0.4, -0.2) is 123 Å². The van der Waals surface area contributed by atoms with Crippen LogP contribution in [0.25, 0.3) is 20.3 Å². The first-order valence-corrected chi connectivity index (χ1v) is 29.3. The number of alkyl halides is 2. The number of amides is 7. The fraction of sp³-hybridized carbons (Fsp3) is 0.446. The SMILES string of the molecule is CN(CCCC#Cc1cccc2c1CN(C1CCC(=O)NC1=O)C2=O)C(=O)CCN(C(=O)[C@@H]1CCCN1C(=O)C(NC(=O)c1cc2cc(C(F)(F)P(=O)(O)OCOC(=O)C(C)(C)C)ccc2s1)C(C)(C)C)c1ccc2scnc2c1. The van der Waals surface area contributed by atoms with E-state index in [1.165, 1.54) is 58.9 Å². The van der Waals surface area contributed by atoms with Gasteiger partial charge in [0.2, 0.25) is 36.3 Å². The summed E-state index contributed by atoms with van der Waals surface area (Å²) in [6.45, 7) is 9.31. The fourth-order valence-electron chi connectivity index (χ4n) is 9.61. The van der Waals surface area contributed by atoms with E-state index in [1.54, 1.807) is 62.5 Å². The highest BCUT2D eigenvalue weighted by molar-refractivity contribution is 7.53. The molecule has 8 rings (SSSR count). The van der Waals surface area contributed by atoms with Crippen LogP contribution in [0, 0.1) is 22.7 Å². The maximum atomic E-state index is 15.5. The van der Waals surface area contributed by atoms with E-state index in [1.807, 2.05) is 12.1 Å². The molecule has 4 atom stereocenters. The van der Waals surface area contributed by atoms with Gasteiger partial charge in [0, 0.05) is 79.6 Å². The van der Waals surface area contributed by atoms with Gasteiger partial charge in [0.25, 0.3) is 11.8 Å². The molecule has 3 aromatic carbocycles. The number of thiophene rings is 1. The van der Waals surface area contributed by atoms with Crippen molar-refractivity contribution in [3.63, 3.8) is 0 Å². The summed E-state index contributed by atoms with van der Waals surface area (Å²) in [5, 5.41) is 5.28. The number of ether oxygens (including phenoxy) is 1. The van der Waals surface area contributed by atoms with Crippen LogP contribution in [0.1, 0.15) is 123 Å². The quantitative estimate of drug-likeness (QED) is 0.0200. The number of benzene rings is 3. The molecule has 0 spiro atoms. The zero-order valence-electron chi connectivity index (χ0n) is 45.3. The number of likely N-dealkylation sites (tertiary alicyclic amines) is 1. The average Bonchev–Trinajstić information content (AvgIpc) is 4.24. The third-order valence-electron chi connectivity index (χ3n) is 14.1. The van der Waals surface area contributed by atoms with E-state index in [0.717, 1.165) is 28.2 Å². The lowest BCUT2D eigenvalue weighted by atomic mass is 9.85. The first-order chi connectivity index (χ1) is 37.7. The highest BCUT2D eigenvalue weighted by Gasteiger charge is 2.53. The standard InChI is InChI=1S/C56H62F2N7O12PS2/c1-54(2,3)47(61-49(69)44-28-34-27-35(17-20-42(34)80-44)56(57,58)78(74,75)77-32-76-53(73)55(4,5)6)52(72)64-25-12-16-41(64)51(71)63(36-18-21-43-39(29-36)59-31-79-43)26-23-46(67)62(7)24-10-8-9-13-33-14-11-15-37-38(33)30-65(50(37)70)40-19-22-45(66)60-48(40)68/h11,14-15,17-18,20-21,27-29,31,40-41,47H,8,10,12,16,19,22-26,30,32H2,1-7H3,(H,61,69)(H,74,75)(H,60,66,68)/t40?,41-,47?/m0/s1. The van der Waals surface area contributed by atoms with Crippen LogP contribution in [0.15, 0.2) is 66.2 Å². The number of thiazole rings is 1. The van der Waals surface area contributed by atoms with Crippen LogP contribution in [0.2, 0.25) is 0 Å². The number of nitrogens with one attached hydrogen (secondary N) is 2. The molecular weight excluding hydrogens is 1100 g/mol. The van der Waals surface area contributed by atoms with Crippen LogP contribution in [0.3, 0.4) is 0 Å². The predicted octanol–water partition coefficient (Wildman–Crippen LogP) is 7.92. The van der Waals surface area contributed by atoms with Crippen LogP contribution in [0.5, 0.6) is 0 Å². The number of esters is 1.